The van der Waals surface area contributed by atoms with Crippen molar-refractivity contribution in [3.63, 3.8) is 0 Å². The lowest BCUT2D eigenvalue weighted by molar-refractivity contribution is -0.152. The van der Waals surface area contributed by atoms with E-state index in [1.807, 2.05) is 0 Å². The Hall–Kier alpha value is 0.200. The van der Waals surface area contributed by atoms with Crippen LogP contribution in [0, 0.1) is 16.2 Å². The Morgan fingerprint density at radius 2 is 1.60 bits per heavy atom. The topological polar surface area (TPSA) is 26.3 Å². The van der Waals surface area contributed by atoms with Crippen molar-refractivity contribution in [1.29, 1.82) is 0 Å². The zero-order valence-electron chi connectivity index (χ0n) is 9.52. The van der Waals surface area contributed by atoms with Gasteiger partial charge in [-0.05, 0) is 36.5 Å². The molecule has 0 N–H and O–H groups in total. The molecule has 4 aliphatic rings. The molecule has 4 saturated carbocycles. The standard InChI is InChI=1S/C12H17IO2/c1-9-4-11(8(14)15-3)5-10(9,2)7-12(11,13)6-9/h4-7H2,1-3H3/t9-,10-,11?,12?/m1/s1. The smallest absolute Gasteiger partial charge is 0.313 e. The largest absolute Gasteiger partial charge is 0.469 e. The summed E-state index contributed by atoms with van der Waals surface area (Å²) in [7, 11) is 1.53. The molecule has 2 nitrogen and oxygen atoms in total. The summed E-state index contributed by atoms with van der Waals surface area (Å²) in [5.41, 5.74) is 0.594. The van der Waals surface area contributed by atoms with Crippen molar-refractivity contribution in [3.05, 3.63) is 0 Å². The summed E-state index contributed by atoms with van der Waals surface area (Å²) in [6, 6.07) is 0. The number of esters is 1. The van der Waals surface area contributed by atoms with Gasteiger partial charge in [0.25, 0.3) is 0 Å². The number of hydrogen-bond donors (Lipinski definition) is 0. The number of rotatable bonds is 1. The van der Waals surface area contributed by atoms with Crippen molar-refractivity contribution in [3.8, 4) is 0 Å². The van der Waals surface area contributed by atoms with Crippen LogP contribution in [0.4, 0.5) is 0 Å². The monoisotopic (exact) mass is 320 g/mol. The maximum absolute atomic E-state index is 12.1. The van der Waals surface area contributed by atoms with Crippen LogP contribution in [0.5, 0.6) is 0 Å². The Morgan fingerprint density at radius 3 is 1.87 bits per heavy atom. The second-order valence-electron chi connectivity index (χ2n) is 6.37. The quantitative estimate of drug-likeness (QED) is 0.422. The van der Waals surface area contributed by atoms with Gasteiger partial charge < -0.3 is 4.74 Å². The average Bonchev–Trinajstić information content (AvgIpc) is 2.60. The minimum Gasteiger partial charge on any atom is -0.469 e. The number of methoxy groups -OCH3 is 1. The van der Waals surface area contributed by atoms with Crippen LogP contribution in [0.3, 0.4) is 0 Å². The highest BCUT2D eigenvalue weighted by Gasteiger charge is 2.82. The molecule has 0 spiro atoms. The molecule has 4 bridgehead atoms. The second-order valence-corrected chi connectivity index (χ2v) is 8.43. The van der Waals surface area contributed by atoms with Crippen molar-refractivity contribution < 1.29 is 9.53 Å². The molecule has 4 fully saturated rings. The molecule has 15 heavy (non-hydrogen) atoms. The fourth-order valence-corrected chi connectivity index (χ4v) is 7.14. The predicted octanol–water partition coefficient (Wildman–Crippen LogP) is 2.93. The lowest BCUT2D eigenvalue weighted by Crippen LogP contribution is -2.41. The number of hydrogen-bond acceptors (Lipinski definition) is 2. The first-order chi connectivity index (χ1) is 6.81. The molecule has 84 valence electrons. The molecular weight excluding hydrogens is 303 g/mol. The summed E-state index contributed by atoms with van der Waals surface area (Å²) >= 11 is 2.55. The van der Waals surface area contributed by atoms with Gasteiger partial charge in [-0.3, -0.25) is 4.79 Å². The Kier molecular flexibility index (Phi) is 1.65. The van der Waals surface area contributed by atoms with Gasteiger partial charge in [0.05, 0.1) is 12.5 Å². The lowest BCUT2D eigenvalue weighted by Gasteiger charge is -2.33. The third-order valence-corrected chi connectivity index (χ3v) is 7.41. The molecule has 2 atom stereocenters. The van der Waals surface area contributed by atoms with Gasteiger partial charge in [-0.25, -0.2) is 0 Å². The minimum absolute atomic E-state index is 0.0434. The van der Waals surface area contributed by atoms with Crippen molar-refractivity contribution in [2.45, 2.75) is 43.0 Å². The van der Waals surface area contributed by atoms with E-state index in [9.17, 15) is 4.79 Å². The van der Waals surface area contributed by atoms with Crippen molar-refractivity contribution in [1.82, 2.24) is 0 Å². The van der Waals surface area contributed by atoms with Crippen LogP contribution < -0.4 is 0 Å². The highest BCUT2D eigenvalue weighted by atomic mass is 127. The van der Waals surface area contributed by atoms with E-state index in [0.717, 1.165) is 12.8 Å². The third kappa shape index (κ3) is 0.839. The van der Waals surface area contributed by atoms with Gasteiger partial charge in [0.15, 0.2) is 0 Å². The van der Waals surface area contributed by atoms with Gasteiger partial charge in [-0.15, -0.1) is 0 Å². The lowest BCUT2D eigenvalue weighted by atomic mass is 9.71. The number of halogens is 1. The maximum Gasteiger partial charge on any atom is 0.313 e. The molecule has 0 unspecified atom stereocenters. The first-order valence-electron chi connectivity index (χ1n) is 5.58. The molecule has 0 aromatic rings. The summed E-state index contributed by atoms with van der Waals surface area (Å²) < 4.78 is 5.25. The first-order valence-corrected chi connectivity index (χ1v) is 6.66. The van der Waals surface area contributed by atoms with Gasteiger partial charge in [-0.2, -0.15) is 0 Å². The summed E-state index contributed by atoms with van der Waals surface area (Å²) in [6.07, 6.45) is 4.50. The van der Waals surface area contributed by atoms with E-state index in [1.165, 1.54) is 20.0 Å². The highest BCUT2D eigenvalue weighted by molar-refractivity contribution is 14.1. The summed E-state index contributed by atoms with van der Waals surface area (Å²) in [5, 5.41) is 0. The molecular formula is C12H17IO2. The second kappa shape index (κ2) is 2.39. The molecule has 0 saturated heterocycles. The van der Waals surface area contributed by atoms with E-state index in [-0.39, 0.29) is 14.8 Å². The zero-order chi connectivity index (χ0) is 11.1. The number of carbonyl (C=O) groups is 1. The molecule has 0 aromatic heterocycles. The van der Waals surface area contributed by atoms with Crippen LogP contribution in [0.15, 0.2) is 0 Å². The Bertz CT molecular complexity index is 345. The van der Waals surface area contributed by atoms with Crippen LogP contribution in [0.25, 0.3) is 0 Å². The van der Waals surface area contributed by atoms with Crippen molar-refractivity contribution in [2.75, 3.05) is 7.11 Å². The number of ether oxygens (including phenoxy) is 1. The predicted molar refractivity (Wildman–Crippen MR) is 65.9 cm³/mol. The number of alkyl halides is 1. The summed E-state index contributed by atoms with van der Waals surface area (Å²) in [4.78, 5) is 12.1. The van der Waals surface area contributed by atoms with Gasteiger partial charge >= 0.3 is 5.97 Å². The normalized spacial score (nSPS) is 60.3. The van der Waals surface area contributed by atoms with E-state index in [2.05, 4.69) is 36.4 Å². The van der Waals surface area contributed by atoms with Gasteiger partial charge in [0.1, 0.15) is 0 Å². The minimum atomic E-state index is -0.161. The molecule has 0 radical (unpaired) electrons. The highest BCUT2D eigenvalue weighted by Crippen LogP contribution is 2.85. The van der Waals surface area contributed by atoms with Gasteiger partial charge in [0.2, 0.25) is 0 Å². The number of carbonyl (C=O) groups excluding carboxylic acids is 1. The molecule has 0 aliphatic heterocycles. The molecule has 4 aliphatic carbocycles. The van der Waals surface area contributed by atoms with E-state index >= 15 is 0 Å². The Morgan fingerprint density at radius 1 is 1.13 bits per heavy atom. The van der Waals surface area contributed by atoms with E-state index in [1.54, 1.807) is 0 Å². The van der Waals surface area contributed by atoms with Crippen molar-refractivity contribution in [2.24, 2.45) is 16.2 Å². The van der Waals surface area contributed by atoms with Crippen LogP contribution in [0.2, 0.25) is 0 Å². The van der Waals surface area contributed by atoms with E-state index in [4.69, 9.17) is 4.74 Å². The first kappa shape index (κ1) is 10.4. The third-order valence-electron chi connectivity index (χ3n) is 5.62. The molecule has 0 heterocycles. The fourth-order valence-electron chi connectivity index (χ4n) is 4.85. The summed E-state index contributed by atoms with van der Waals surface area (Å²) in [6.45, 7) is 4.73. The Labute approximate surface area is 104 Å². The summed E-state index contributed by atoms with van der Waals surface area (Å²) in [5.74, 6) is 0.0434. The molecule has 3 heteroatoms. The SMILES string of the molecule is COC(=O)C12C[C@]3(C)CC1(I)C[C@@]3(C)C2. The maximum atomic E-state index is 12.1. The molecule has 0 aromatic carbocycles. The van der Waals surface area contributed by atoms with Crippen LogP contribution in [-0.2, 0) is 9.53 Å². The van der Waals surface area contributed by atoms with E-state index < -0.39 is 0 Å². The van der Waals surface area contributed by atoms with Crippen LogP contribution in [-0.4, -0.2) is 16.5 Å². The van der Waals surface area contributed by atoms with E-state index in [0.29, 0.717) is 10.8 Å². The Balaban J connectivity index is 2.14. The molecule has 4 rings (SSSR count). The van der Waals surface area contributed by atoms with Gasteiger partial charge in [0, 0.05) is 3.42 Å². The molecule has 0 amide bonds. The van der Waals surface area contributed by atoms with Gasteiger partial charge in [-0.1, -0.05) is 36.4 Å². The average molecular weight is 320 g/mol. The van der Waals surface area contributed by atoms with Crippen LogP contribution >= 0.6 is 22.6 Å². The fraction of sp³-hybridized carbons (Fsp3) is 0.917. The van der Waals surface area contributed by atoms with Crippen molar-refractivity contribution >= 4 is 28.6 Å². The van der Waals surface area contributed by atoms with Crippen LogP contribution in [0.1, 0.15) is 39.5 Å². The zero-order valence-corrected chi connectivity index (χ0v) is 11.7.